The lowest BCUT2D eigenvalue weighted by molar-refractivity contribution is -0.118. The molecular formula is C21H28F4. The van der Waals surface area contributed by atoms with Gasteiger partial charge >= 0.3 is 0 Å². The van der Waals surface area contributed by atoms with Crippen LogP contribution in [0.1, 0.15) is 76.2 Å². The number of hydrogen-bond donors (Lipinski definition) is 0. The van der Waals surface area contributed by atoms with Crippen LogP contribution in [0, 0.1) is 29.4 Å². The summed E-state index contributed by atoms with van der Waals surface area (Å²) in [6, 6.07) is 3.59. The molecule has 1 aromatic rings. The van der Waals surface area contributed by atoms with Gasteiger partial charge in [-0.25, -0.2) is 17.6 Å². The van der Waals surface area contributed by atoms with Crippen molar-refractivity contribution in [2.24, 2.45) is 17.8 Å². The van der Waals surface area contributed by atoms with Crippen molar-refractivity contribution in [2.45, 2.75) is 76.6 Å². The molecule has 2 aliphatic carbocycles. The molecule has 0 N–H and O–H groups in total. The van der Waals surface area contributed by atoms with Crippen LogP contribution >= 0.6 is 0 Å². The first-order chi connectivity index (χ1) is 11.9. The molecule has 0 bridgehead atoms. The number of hydrogen-bond acceptors (Lipinski definition) is 0. The highest BCUT2D eigenvalue weighted by molar-refractivity contribution is 5.23. The predicted molar refractivity (Wildman–Crippen MR) is 91.7 cm³/mol. The fraction of sp³-hybridized carbons (Fsp3) is 0.714. The summed E-state index contributed by atoms with van der Waals surface area (Å²) in [5.74, 6) is -4.67. The molecule has 1 aromatic carbocycles. The Labute approximate surface area is 148 Å². The van der Waals surface area contributed by atoms with Crippen LogP contribution in [0.4, 0.5) is 17.6 Å². The molecule has 2 aliphatic rings. The normalized spacial score (nSPS) is 32.5. The van der Waals surface area contributed by atoms with Gasteiger partial charge in [-0.05, 0) is 61.1 Å². The van der Waals surface area contributed by atoms with E-state index in [1.54, 1.807) is 0 Å². The van der Waals surface area contributed by atoms with Gasteiger partial charge in [0.1, 0.15) is 0 Å². The van der Waals surface area contributed by atoms with E-state index in [0.717, 1.165) is 37.8 Å². The van der Waals surface area contributed by atoms with Crippen molar-refractivity contribution in [1.82, 2.24) is 0 Å². The minimum atomic E-state index is -2.71. The third kappa shape index (κ3) is 4.20. The molecule has 25 heavy (non-hydrogen) atoms. The Balaban J connectivity index is 1.63. The van der Waals surface area contributed by atoms with Crippen LogP contribution in [0.15, 0.2) is 18.2 Å². The maximum Gasteiger partial charge on any atom is 0.251 e. The monoisotopic (exact) mass is 356 g/mol. The van der Waals surface area contributed by atoms with Crippen LogP contribution in [0.3, 0.4) is 0 Å². The molecule has 0 saturated heterocycles. The maximum absolute atomic E-state index is 14.8. The highest BCUT2D eigenvalue weighted by Crippen LogP contribution is 2.51. The Morgan fingerprint density at radius 1 is 0.960 bits per heavy atom. The quantitative estimate of drug-likeness (QED) is 0.505. The molecule has 0 nitrogen and oxygen atoms in total. The Bertz CT molecular complexity index is 575. The fourth-order valence-corrected chi connectivity index (χ4v) is 5.09. The van der Waals surface area contributed by atoms with Crippen molar-refractivity contribution in [2.75, 3.05) is 0 Å². The molecule has 0 heterocycles. The van der Waals surface area contributed by atoms with E-state index in [1.165, 1.54) is 18.9 Å². The van der Waals surface area contributed by atoms with E-state index in [-0.39, 0.29) is 18.3 Å². The van der Waals surface area contributed by atoms with E-state index >= 15 is 0 Å². The Morgan fingerprint density at radius 2 is 1.68 bits per heavy atom. The number of halogens is 4. The molecule has 0 amide bonds. The van der Waals surface area contributed by atoms with Gasteiger partial charge < -0.3 is 0 Å². The lowest BCUT2D eigenvalue weighted by atomic mass is 9.66. The van der Waals surface area contributed by atoms with Gasteiger partial charge in [0, 0.05) is 12.3 Å². The van der Waals surface area contributed by atoms with Gasteiger partial charge in [0.25, 0.3) is 5.92 Å². The second-order valence-electron chi connectivity index (χ2n) is 8.09. The summed E-state index contributed by atoms with van der Waals surface area (Å²) >= 11 is 0. The van der Waals surface area contributed by atoms with E-state index in [1.807, 2.05) is 0 Å². The predicted octanol–water partition coefficient (Wildman–Crippen LogP) is 7.09. The molecule has 2 atom stereocenters. The molecule has 0 radical (unpaired) electrons. The van der Waals surface area contributed by atoms with Crippen LogP contribution in [-0.4, -0.2) is 5.92 Å². The Morgan fingerprint density at radius 3 is 2.28 bits per heavy atom. The second-order valence-corrected chi connectivity index (χ2v) is 8.09. The van der Waals surface area contributed by atoms with E-state index < -0.39 is 23.5 Å². The van der Waals surface area contributed by atoms with E-state index in [4.69, 9.17) is 0 Å². The summed E-state index contributed by atoms with van der Waals surface area (Å²) < 4.78 is 56.2. The van der Waals surface area contributed by atoms with Crippen molar-refractivity contribution >= 4 is 0 Å². The van der Waals surface area contributed by atoms with Crippen molar-refractivity contribution < 1.29 is 17.6 Å². The molecule has 0 aliphatic heterocycles. The van der Waals surface area contributed by atoms with Crippen molar-refractivity contribution in [1.29, 1.82) is 0 Å². The SMILES string of the molecule is CCCC1CCC([C@H]2CC[C@H](c3ccc(F)c(F)c3)CC2(F)F)CC1. The summed E-state index contributed by atoms with van der Waals surface area (Å²) in [6.07, 6.45) is 7.27. The summed E-state index contributed by atoms with van der Waals surface area (Å²) in [5, 5.41) is 0. The van der Waals surface area contributed by atoms with Gasteiger partial charge in [0.15, 0.2) is 11.6 Å². The topological polar surface area (TPSA) is 0 Å². The minimum absolute atomic E-state index is 0.119. The molecular weight excluding hydrogens is 328 g/mol. The molecule has 3 rings (SSSR count). The number of benzene rings is 1. The first-order valence-electron chi connectivity index (χ1n) is 9.73. The minimum Gasteiger partial charge on any atom is -0.207 e. The summed E-state index contributed by atoms with van der Waals surface area (Å²) in [7, 11) is 0. The third-order valence-electron chi connectivity index (χ3n) is 6.46. The summed E-state index contributed by atoms with van der Waals surface area (Å²) in [5.41, 5.74) is 0.503. The highest BCUT2D eigenvalue weighted by Gasteiger charge is 2.49. The molecule has 0 aromatic heterocycles. The van der Waals surface area contributed by atoms with Gasteiger partial charge in [-0.15, -0.1) is 0 Å². The van der Waals surface area contributed by atoms with E-state index in [9.17, 15) is 17.6 Å². The lowest BCUT2D eigenvalue weighted by Gasteiger charge is -2.42. The van der Waals surface area contributed by atoms with Gasteiger partial charge in [0.2, 0.25) is 0 Å². The van der Waals surface area contributed by atoms with E-state index in [0.29, 0.717) is 24.3 Å². The molecule has 2 saturated carbocycles. The molecule has 140 valence electrons. The second kappa shape index (κ2) is 7.67. The number of rotatable bonds is 4. The van der Waals surface area contributed by atoms with E-state index in [2.05, 4.69) is 6.92 Å². The zero-order valence-corrected chi connectivity index (χ0v) is 14.9. The van der Waals surface area contributed by atoms with Crippen LogP contribution in [0.2, 0.25) is 0 Å². The van der Waals surface area contributed by atoms with Crippen molar-refractivity contribution in [3.63, 3.8) is 0 Å². The smallest absolute Gasteiger partial charge is 0.207 e. The van der Waals surface area contributed by atoms with Gasteiger partial charge in [-0.3, -0.25) is 0 Å². The zero-order valence-electron chi connectivity index (χ0n) is 14.9. The first-order valence-corrected chi connectivity index (χ1v) is 9.73. The fourth-order valence-electron chi connectivity index (χ4n) is 5.09. The standard InChI is InChI=1S/C21H28F4/c1-2-3-14-4-6-15(7-5-14)18-10-8-17(13-21(18,24)25)16-9-11-19(22)20(23)12-16/h9,11-12,14-15,17-18H,2-8,10,13H2,1H3/t14?,15?,17-,18+/m0/s1. The number of alkyl halides is 2. The average Bonchev–Trinajstić information content (AvgIpc) is 2.58. The Kier molecular flexibility index (Phi) is 5.75. The van der Waals surface area contributed by atoms with Gasteiger partial charge in [0.05, 0.1) is 0 Å². The van der Waals surface area contributed by atoms with Crippen LogP contribution in [0.5, 0.6) is 0 Å². The molecule has 2 fully saturated rings. The average molecular weight is 356 g/mol. The van der Waals surface area contributed by atoms with Crippen LogP contribution in [-0.2, 0) is 0 Å². The van der Waals surface area contributed by atoms with Gasteiger partial charge in [-0.2, -0.15) is 0 Å². The molecule has 0 spiro atoms. The summed E-state index contributed by atoms with van der Waals surface area (Å²) in [4.78, 5) is 0. The molecule has 4 heteroatoms. The lowest BCUT2D eigenvalue weighted by Crippen LogP contribution is -2.40. The maximum atomic E-state index is 14.8. The molecule has 0 unspecified atom stereocenters. The largest absolute Gasteiger partial charge is 0.251 e. The first kappa shape index (κ1) is 18.7. The third-order valence-corrected chi connectivity index (χ3v) is 6.46. The van der Waals surface area contributed by atoms with Crippen molar-refractivity contribution in [3.8, 4) is 0 Å². The highest BCUT2D eigenvalue weighted by atomic mass is 19.3. The van der Waals surface area contributed by atoms with Gasteiger partial charge in [-0.1, -0.05) is 38.7 Å². The zero-order chi connectivity index (χ0) is 18.0. The summed E-state index contributed by atoms with van der Waals surface area (Å²) in [6.45, 7) is 2.18. The Hall–Kier alpha value is -1.06. The van der Waals surface area contributed by atoms with Crippen LogP contribution < -0.4 is 0 Å². The van der Waals surface area contributed by atoms with Crippen molar-refractivity contribution in [3.05, 3.63) is 35.4 Å². The van der Waals surface area contributed by atoms with Crippen LogP contribution in [0.25, 0.3) is 0 Å².